The highest BCUT2D eigenvalue weighted by molar-refractivity contribution is 6.30. The summed E-state index contributed by atoms with van der Waals surface area (Å²) in [7, 11) is 0. The first-order valence-electron chi connectivity index (χ1n) is 8.97. The van der Waals surface area contributed by atoms with Gasteiger partial charge in [-0.1, -0.05) is 34.9 Å². The van der Waals surface area contributed by atoms with Crippen molar-refractivity contribution in [3.8, 4) is 0 Å². The maximum atomic E-state index is 12.8. The minimum Gasteiger partial charge on any atom is -0.273 e. The first kappa shape index (κ1) is 17.3. The van der Waals surface area contributed by atoms with E-state index >= 15 is 0 Å². The molecule has 5 nitrogen and oxygen atoms in total. The molecule has 0 unspecified atom stereocenters. The molecule has 1 saturated heterocycles. The number of benzene rings is 1. The number of hydrogen-bond donors (Lipinski definition) is 1. The molecule has 1 aromatic rings. The lowest BCUT2D eigenvalue weighted by molar-refractivity contribution is -0.149. The maximum Gasteiger partial charge on any atom is 0.252 e. The van der Waals surface area contributed by atoms with E-state index in [1.54, 1.807) is 24.3 Å². The van der Waals surface area contributed by atoms with Crippen LogP contribution in [0.1, 0.15) is 32.3 Å². The van der Waals surface area contributed by atoms with Gasteiger partial charge in [-0.2, -0.15) is 5.01 Å². The number of amides is 3. The van der Waals surface area contributed by atoms with Crippen molar-refractivity contribution in [2.24, 2.45) is 23.7 Å². The molecule has 2 saturated carbocycles. The minimum atomic E-state index is -0.371. The van der Waals surface area contributed by atoms with Crippen molar-refractivity contribution in [2.75, 3.05) is 0 Å². The molecular weight excluding hydrogens is 352 g/mol. The number of carbonyl (C=O) groups excluding carboxylic acids is 3. The van der Waals surface area contributed by atoms with Gasteiger partial charge >= 0.3 is 0 Å². The van der Waals surface area contributed by atoms with Crippen molar-refractivity contribution in [1.29, 1.82) is 0 Å². The van der Waals surface area contributed by atoms with Crippen molar-refractivity contribution in [2.45, 2.75) is 33.1 Å². The molecular formula is C20H21ClN2O3. The van der Waals surface area contributed by atoms with E-state index in [9.17, 15) is 14.4 Å². The van der Waals surface area contributed by atoms with Crippen LogP contribution >= 0.6 is 11.6 Å². The molecule has 4 rings (SSSR count). The monoisotopic (exact) mass is 372 g/mol. The van der Waals surface area contributed by atoms with E-state index in [4.69, 9.17) is 11.6 Å². The number of rotatable bonds is 3. The number of nitrogens with zero attached hydrogens (tertiary/aromatic N) is 1. The molecule has 1 N–H and O–H groups in total. The molecule has 3 amide bonds. The molecule has 1 aromatic carbocycles. The van der Waals surface area contributed by atoms with Crippen LogP contribution < -0.4 is 5.43 Å². The number of halogens is 1. The van der Waals surface area contributed by atoms with Crippen LogP contribution in [0.5, 0.6) is 0 Å². The fourth-order valence-electron chi connectivity index (χ4n) is 5.05. The Kier molecular flexibility index (Phi) is 4.14. The number of hydrogen-bond acceptors (Lipinski definition) is 3. The van der Waals surface area contributed by atoms with Crippen molar-refractivity contribution in [1.82, 2.24) is 10.4 Å². The van der Waals surface area contributed by atoms with Crippen molar-refractivity contribution < 1.29 is 14.4 Å². The average molecular weight is 373 g/mol. The fraction of sp³-hybridized carbons (Fsp3) is 0.450. The second-order valence-corrected chi connectivity index (χ2v) is 8.08. The van der Waals surface area contributed by atoms with Gasteiger partial charge in [-0.15, -0.1) is 0 Å². The van der Waals surface area contributed by atoms with Gasteiger partial charge in [-0.3, -0.25) is 19.8 Å². The third-order valence-electron chi connectivity index (χ3n) is 5.94. The van der Waals surface area contributed by atoms with E-state index < -0.39 is 0 Å². The van der Waals surface area contributed by atoms with Gasteiger partial charge in [0.05, 0.1) is 18.3 Å². The van der Waals surface area contributed by atoms with Crippen LogP contribution in [0, 0.1) is 23.7 Å². The van der Waals surface area contributed by atoms with Crippen LogP contribution in [0.25, 0.3) is 0 Å². The number of fused-ring (bicyclic) bond motifs is 5. The Morgan fingerprint density at radius 1 is 1.08 bits per heavy atom. The zero-order valence-electron chi connectivity index (χ0n) is 14.8. The topological polar surface area (TPSA) is 66.5 Å². The normalized spacial score (nSPS) is 29.3. The van der Waals surface area contributed by atoms with E-state index in [1.165, 1.54) is 11.1 Å². The van der Waals surface area contributed by atoms with Crippen LogP contribution in [0.3, 0.4) is 0 Å². The largest absolute Gasteiger partial charge is 0.273 e. The number of imide groups is 1. The summed E-state index contributed by atoms with van der Waals surface area (Å²) in [6.07, 6.45) is 2.01. The Labute approximate surface area is 157 Å². The lowest BCUT2D eigenvalue weighted by Gasteiger charge is -2.19. The van der Waals surface area contributed by atoms with Gasteiger partial charge in [0.15, 0.2) is 0 Å². The summed E-state index contributed by atoms with van der Waals surface area (Å²) >= 11 is 5.84. The number of carbonyl (C=O) groups is 3. The van der Waals surface area contributed by atoms with Gasteiger partial charge in [0.2, 0.25) is 5.91 Å². The average Bonchev–Trinajstić information content (AvgIpc) is 3.23. The standard InChI is InChI=1S/C20H21ClN2O3/c1-10(2)16-13-7-8-14(16)18-17(13)19(25)23(20(18)26)22-15(24)9-11-3-5-12(21)6-4-11/h3-6,13-14,17-18H,7-9H2,1-2H3,(H,22,24)/t13-,14-,17+,18+/m1/s1. The first-order valence-corrected chi connectivity index (χ1v) is 9.35. The third kappa shape index (κ3) is 2.57. The summed E-state index contributed by atoms with van der Waals surface area (Å²) in [5, 5.41) is 1.57. The molecule has 3 fully saturated rings. The molecule has 3 aliphatic rings. The SMILES string of the molecule is CC(C)=C1[C@H]2CC[C@H]1[C@@H]1C(=O)N(NC(=O)Cc3ccc(Cl)cc3)C(=O)[C@H]12. The number of allylic oxidation sites excluding steroid dienone is 2. The molecule has 2 aliphatic carbocycles. The van der Waals surface area contributed by atoms with Crippen LogP contribution in [0.2, 0.25) is 5.02 Å². The predicted octanol–water partition coefficient (Wildman–Crippen LogP) is 2.89. The van der Waals surface area contributed by atoms with E-state index in [1.807, 2.05) is 0 Å². The highest BCUT2D eigenvalue weighted by atomic mass is 35.5. The van der Waals surface area contributed by atoms with Crippen molar-refractivity contribution in [3.63, 3.8) is 0 Å². The summed E-state index contributed by atoms with van der Waals surface area (Å²) in [5.41, 5.74) is 5.83. The molecule has 4 atom stereocenters. The number of hydrazine groups is 1. The summed E-state index contributed by atoms with van der Waals surface area (Å²) in [6.45, 7) is 4.12. The van der Waals surface area contributed by atoms with E-state index in [0.717, 1.165) is 23.4 Å². The molecule has 1 aliphatic heterocycles. The van der Waals surface area contributed by atoms with Crippen LogP contribution in [0.4, 0.5) is 0 Å². The molecule has 2 bridgehead atoms. The van der Waals surface area contributed by atoms with E-state index in [-0.39, 0.29) is 47.8 Å². The van der Waals surface area contributed by atoms with E-state index in [2.05, 4.69) is 19.3 Å². The minimum absolute atomic E-state index is 0.0929. The Morgan fingerprint density at radius 3 is 2.12 bits per heavy atom. The second-order valence-electron chi connectivity index (χ2n) is 7.65. The van der Waals surface area contributed by atoms with Gasteiger partial charge in [0.25, 0.3) is 11.8 Å². The lowest BCUT2D eigenvalue weighted by Crippen LogP contribution is -2.48. The quantitative estimate of drug-likeness (QED) is 0.655. The first-order chi connectivity index (χ1) is 12.4. The van der Waals surface area contributed by atoms with Gasteiger partial charge in [0.1, 0.15) is 0 Å². The summed E-state index contributed by atoms with van der Waals surface area (Å²) in [6, 6.07) is 6.93. The molecule has 26 heavy (non-hydrogen) atoms. The molecule has 136 valence electrons. The predicted molar refractivity (Wildman–Crippen MR) is 96.7 cm³/mol. The second kappa shape index (κ2) is 6.23. The van der Waals surface area contributed by atoms with Crippen LogP contribution in [-0.2, 0) is 20.8 Å². The summed E-state index contributed by atoms with van der Waals surface area (Å²) < 4.78 is 0. The van der Waals surface area contributed by atoms with Crippen molar-refractivity contribution in [3.05, 3.63) is 46.0 Å². The van der Waals surface area contributed by atoms with Gasteiger partial charge < -0.3 is 0 Å². The Hall–Kier alpha value is -2.14. The molecule has 0 radical (unpaired) electrons. The molecule has 0 aromatic heterocycles. The fourth-order valence-corrected chi connectivity index (χ4v) is 5.18. The molecule has 0 spiro atoms. The van der Waals surface area contributed by atoms with Gasteiger partial charge in [-0.05, 0) is 56.2 Å². The van der Waals surface area contributed by atoms with Crippen LogP contribution in [-0.4, -0.2) is 22.7 Å². The van der Waals surface area contributed by atoms with Crippen molar-refractivity contribution >= 4 is 29.3 Å². The maximum absolute atomic E-state index is 12.8. The Balaban J connectivity index is 1.49. The number of nitrogens with one attached hydrogen (secondary N) is 1. The summed E-state index contributed by atoms with van der Waals surface area (Å²) in [4.78, 5) is 38.0. The van der Waals surface area contributed by atoms with Gasteiger partial charge in [-0.25, -0.2) is 0 Å². The highest BCUT2D eigenvalue weighted by Crippen LogP contribution is 2.59. The molecule has 1 heterocycles. The zero-order chi connectivity index (χ0) is 18.6. The van der Waals surface area contributed by atoms with Crippen LogP contribution in [0.15, 0.2) is 35.4 Å². The Bertz CT molecular complexity index is 794. The molecule has 6 heteroatoms. The smallest absolute Gasteiger partial charge is 0.252 e. The Morgan fingerprint density at radius 2 is 1.62 bits per heavy atom. The van der Waals surface area contributed by atoms with E-state index in [0.29, 0.717) is 5.02 Å². The zero-order valence-corrected chi connectivity index (χ0v) is 15.5. The highest BCUT2D eigenvalue weighted by Gasteiger charge is 2.63. The summed E-state index contributed by atoms with van der Waals surface area (Å²) in [5.74, 6) is -1.17. The lowest BCUT2D eigenvalue weighted by atomic mass is 9.81. The third-order valence-corrected chi connectivity index (χ3v) is 6.20. The van der Waals surface area contributed by atoms with Gasteiger partial charge in [0, 0.05) is 5.02 Å².